The van der Waals surface area contributed by atoms with Gasteiger partial charge in [-0.25, -0.2) is 8.42 Å². The van der Waals surface area contributed by atoms with E-state index in [2.05, 4.69) is 4.83 Å². The lowest BCUT2D eigenvalue weighted by molar-refractivity contribution is -0.162. The van der Waals surface area contributed by atoms with Crippen LogP contribution in [0.2, 0.25) is 5.02 Å². The van der Waals surface area contributed by atoms with E-state index in [4.69, 9.17) is 11.6 Å². The molecule has 2 atom stereocenters. The standard InChI is InChI=1S/C20H23ClN2O4S/c1-13-3-6-18(7-4-13)28(26,27)22-23(25)16-10-15(11-17(24)12-16)19-9-14(2)5-8-20(19)21/h3-9,15-16,22,25H,10-12H2,1-2H3. The molecule has 150 valence electrons. The van der Waals surface area contributed by atoms with Crippen LogP contribution in [-0.2, 0) is 14.8 Å². The van der Waals surface area contributed by atoms with Crippen LogP contribution < -0.4 is 4.83 Å². The van der Waals surface area contributed by atoms with Crippen LogP contribution in [0.25, 0.3) is 0 Å². The summed E-state index contributed by atoms with van der Waals surface area (Å²) in [6.07, 6.45) is 0.785. The number of hydrazine groups is 1. The fraction of sp³-hybridized carbons (Fsp3) is 0.350. The summed E-state index contributed by atoms with van der Waals surface area (Å²) < 4.78 is 25.0. The quantitative estimate of drug-likeness (QED) is 0.716. The normalized spacial score (nSPS) is 20.5. The highest BCUT2D eigenvalue weighted by atomic mass is 35.5. The molecule has 1 aliphatic rings. The molecule has 2 N–H and O–H groups in total. The molecule has 0 radical (unpaired) electrons. The van der Waals surface area contributed by atoms with Gasteiger partial charge >= 0.3 is 0 Å². The van der Waals surface area contributed by atoms with Crippen LogP contribution in [0.15, 0.2) is 47.4 Å². The number of hydrogen-bond donors (Lipinski definition) is 2. The van der Waals surface area contributed by atoms with Gasteiger partial charge in [0.2, 0.25) is 0 Å². The second kappa shape index (κ2) is 8.31. The zero-order valence-corrected chi connectivity index (χ0v) is 17.3. The Balaban J connectivity index is 1.77. The number of aryl methyl sites for hydroxylation is 2. The molecule has 1 saturated carbocycles. The summed E-state index contributed by atoms with van der Waals surface area (Å²) in [5.74, 6) is -0.232. The SMILES string of the molecule is Cc1ccc(S(=O)(=O)NN(O)C2CC(=O)CC(c3cc(C)ccc3Cl)C2)cc1. The average molecular weight is 423 g/mol. The molecule has 28 heavy (non-hydrogen) atoms. The van der Waals surface area contributed by atoms with Gasteiger partial charge in [0.05, 0.1) is 10.9 Å². The van der Waals surface area contributed by atoms with Crippen molar-refractivity contribution in [2.45, 2.75) is 50.0 Å². The number of nitrogens with zero attached hydrogens (tertiary/aromatic N) is 1. The lowest BCUT2D eigenvalue weighted by Gasteiger charge is -2.33. The number of benzene rings is 2. The van der Waals surface area contributed by atoms with Crippen LogP contribution in [-0.4, -0.2) is 30.6 Å². The summed E-state index contributed by atoms with van der Waals surface area (Å²) in [6, 6.07) is 11.2. The number of sulfonamides is 1. The van der Waals surface area contributed by atoms with Crippen molar-refractivity contribution in [2.24, 2.45) is 0 Å². The van der Waals surface area contributed by atoms with Crippen molar-refractivity contribution >= 4 is 27.4 Å². The molecule has 2 aromatic rings. The lowest BCUT2D eigenvalue weighted by Crippen LogP contribution is -2.49. The highest BCUT2D eigenvalue weighted by Gasteiger charge is 2.34. The fourth-order valence-corrected chi connectivity index (χ4v) is 4.75. The van der Waals surface area contributed by atoms with Crippen molar-refractivity contribution in [3.8, 4) is 0 Å². The predicted molar refractivity (Wildman–Crippen MR) is 107 cm³/mol. The smallest absolute Gasteiger partial charge is 0.255 e. The summed E-state index contributed by atoms with van der Waals surface area (Å²) in [7, 11) is -3.95. The number of carbonyl (C=O) groups is 1. The third-order valence-electron chi connectivity index (χ3n) is 4.98. The summed E-state index contributed by atoms with van der Waals surface area (Å²) in [5.41, 5.74) is 2.79. The van der Waals surface area contributed by atoms with Crippen LogP contribution in [0.5, 0.6) is 0 Å². The summed E-state index contributed by atoms with van der Waals surface area (Å²) in [6.45, 7) is 3.79. The first-order chi connectivity index (χ1) is 13.2. The molecule has 2 aromatic carbocycles. The van der Waals surface area contributed by atoms with Gasteiger partial charge < -0.3 is 0 Å². The van der Waals surface area contributed by atoms with E-state index in [1.807, 2.05) is 26.0 Å². The Hall–Kier alpha value is -1.77. The molecule has 0 spiro atoms. The van der Waals surface area contributed by atoms with Gasteiger partial charge in [-0.05, 0) is 49.9 Å². The van der Waals surface area contributed by atoms with Gasteiger partial charge in [-0.1, -0.05) is 47.0 Å². The molecular formula is C20H23ClN2O4S. The maximum Gasteiger partial charge on any atom is 0.255 e. The minimum Gasteiger partial charge on any atom is -0.300 e. The van der Waals surface area contributed by atoms with Gasteiger partial charge in [-0.2, -0.15) is 0 Å². The van der Waals surface area contributed by atoms with Crippen molar-refractivity contribution in [2.75, 3.05) is 0 Å². The number of Topliss-reactive ketones (excluding diaryl/α,β-unsaturated/α-hetero) is 1. The monoisotopic (exact) mass is 422 g/mol. The first kappa shape index (κ1) is 21.0. The lowest BCUT2D eigenvalue weighted by atomic mass is 9.80. The number of hydrogen-bond acceptors (Lipinski definition) is 5. The van der Waals surface area contributed by atoms with E-state index in [-0.39, 0.29) is 23.0 Å². The molecule has 6 nitrogen and oxygen atoms in total. The number of rotatable bonds is 5. The van der Waals surface area contributed by atoms with Gasteiger partial charge in [0, 0.05) is 17.9 Å². The Morgan fingerprint density at radius 2 is 1.71 bits per heavy atom. The number of carbonyl (C=O) groups excluding carboxylic acids is 1. The summed E-state index contributed by atoms with van der Waals surface area (Å²) in [5, 5.41) is 11.5. The number of hydroxylamine groups is 1. The molecule has 3 rings (SSSR count). The van der Waals surface area contributed by atoms with Crippen LogP contribution in [0.1, 0.15) is 41.9 Å². The largest absolute Gasteiger partial charge is 0.300 e. The molecule has 0 amide bonds. The van der Waals surface area contributed by atoms with Crippen molar-refractivity contribution in [3.63, 3.8) is 0 Å². The minimum atomic E-state index is -3.95. The number of halogens is 1. The Morgan fingerprint density at radius 1 is 1.07 bits per heavy atom. The van der Waals surface area contributed by atoms with Crippen LogP contribution in [0, 0.1) is 13.8 Å². The molecule has 0 bridgehead atoms. The van der Waals surface area contributed by atoms with Crippen LogP contribution in [0.4, 0.5) is 0 Å². The summed E-state index contributed by atoms with van der Waals surface area (Å²) >= 11 is 6.30. The van der Waals surface area contributed by atoms with Crippen molar-refractivity contribution < 1.29 is 18.4 Å². The van der Waals surface area contributed by atoms with Crippen molar-refractivity contribution in [1.82, 2.24) is 10.0 Å². The summed E-state index contributed by atoms with van der Waals surface area (Å²) in [4.78, 5) is 14.5. The molecule has 2 unspecified atom stereocenters. The second-order valence-corrected chi connectivity index (χ2v) is 9.38. The Kier molecular flexibility index (Phi) is 6.21. The highest BCUT2D eigenvalue weighted by Crippen LogP contribution is 2.36. The Labute approximate surface area is 170 Å². The van der Waals surface area contributed by atoms with Crippen LogP contribution >= 0.6 is 11.6 Å². The highest BCUT2D eigenvalue weighted by molar-refractivity contribution is 7.89. The third kappa shape index (κ3) is 4.79. The first-order valence-electron chi connectivity index (χ1n) is 9.00. The minimum absolute atomic E-state index is 0.0394. The van der Waals surface area contributed by atoms with E-state index in [1.54, 1.807) is 18.2 Å². The second-order valence-electron chi connectivity index (χ2n) is 7.31. The van der Waals surface area contributed by atoms with E-state index in [0.717, 1.165) is 16.7 Å². The molecule has 1 aliphatic carbocycles. The van der Waals surface area contributed by atoms with Gasteiger partial charge in [0.25, 0.3) is 10.0 Å². The maximum atomic E-state index is 12.5. The Morgan fingerprint density at radius 3 is 2.39 bits per heavy atom. The van der Waals surface area contributed by atoms with E-state index in [1.165, 1.54) is 12.1 Å². The van der Waals surface area contributed by atoms with E-state index in [0.29, 0.717) is 23.0 Å². The van der Waals surface area contributed by atoms with Gasteiger partial charge in [-0.15, -0.1) is 10.0 Å². The molecule has 8 heteroatoms. The average Bonchev–Trinajstić information content (AvgIpc) is 2.63. The zero-order chi connectivity index (χ0) is 20.5. The maximum absolute atomic E-state index is 12.5. The van der Waals surface area contributed by atoms with Gasteiger partial charge in [-0.3, -0.25) is 10.0 Å². The molecule has 0 heterocycles. The van der Waals surface area contributed by atoms with E-state index in [9.17, 15) is 18.4 Å². The van der Waals surface area contributed by atoms with Gasteiger partial charge in [0.15, 0.2) is 0 Å². The fourth-order valence-electron chi connectivity index (χ4n) is 3.48. The molecule has 1 fully saturated rings. The predicted octanol–water partition coefficient (Wildman–Crippen LogP) is 3.75. The Bertz CT molecular complexity index is 976. The number of nitrogens with one attached hydrogen (secondary N) is 1. The first-order valence-corrected chi connectivity index (χ1v) is 10.9. The van der Waals surface area contributed by atoms with Crippen molar-refractivity contribution in [1.29, 1.82) is 0 Å². The van der Waals surface area contributed by atoms with Crippen LogP contribution in [0.3, 0.4) is 0 Å². The van der Waals surface area contributed by atoms with Crippen molar-refractivity contribution in [3.05, 3.63) is 64.2 Å². The number of ketones is 1. The molecule has 0 saturated heterocycles. The molecule has 0 aromatic heterocycles. The topological polar surface area (TPSA) is 86.7 Å². The zero-order valence-electron chi connectivity index (χ0n) is 15.7. The molecular weight excluding hydrogens is 400 g/mol. The third-order valence-corrected chi connectivity index (χ3v) is 6.64. The molecule has 0 aliphatic heterocycles. The van der Waals surface area contributed by atoms with E-state index < -0.39 is 16.1 Å². The van der Waals surface area contributed by atoms with E-state index >= 15 is 0 Å². The van der Waals surface area contributed by atoms with Gasteiger partial charge in [0.1, 0.15) is 5.78 Å².